The van der Waals surface area contributed by atoms with Crippen molar-refractivity contribution in [3.63, 3.8) is 0 Å². The molecular weight excluding hydrogens is 530 g/mol. The molecule has 1 fully saturated rings. The zero-order valence-electron chi connectivity index (χ0n) is 21.4. The average molecular weight is 558 g/mol. The van der Waals surface area contributed by atoms with Gasteiger partial charge in [-0.05, 0) is 42.2 Å². The number of ether oxygens (including phenoxy) is 1. The Balaban J connectivity index is 1.30. The molecule has 0 saturated carbocycles. The van der Waals surface area contributed by atoms with E-state index < -0.39 is 0 Å². The van der Waals surface area contributed by atoms with Crippen LogP contribution in [0.2, 0.25) is 0 Å². The number of carbonyl (C=O) groups excluding carboxylic acids is 3. The highest BCUT2D eigenvalue weighted by Gasteiger charge is 2.42. The number of thiocarbonyl (C=S) groups is 1. The Morgan fingerprint density at radius 3 is 2.31 bits per heavy atom. The molecule has 3 aromatic rings. The minimum absolute atomic E-state index is 0.133. The number of carbonyl (C=O) groups is 3. The Morgan fingerprint density at radius 1 is 0.872 bits per heavy atom. The number of nitrogens with zero attached hydrogens (tertiary/aromatic N) is 2. The standard InChI is InChI=1S/C30H27N3O4S2/c1-37-22-13-11-21(12-14-22)16-18-32-29(36)27(39-30(32)38)26-23-9-5-6-10-24(23)33(28(26)35)19-25(34)31-17-15-20-7-3-2-4-8-20/h2-14H,15-19H2,1H3,(H,31,34). The van der Waals surface area contributed by atoms with Crippen LogP contribution in [0.25, 0.3) is 5.57 Å². The molecule has 0 radical (unpaired) electrons. The fourth-order valence-corrected chi connectivity index (χ4v) is 6.00. The monoisotopic (exact) mass is 557 g/mol. The molecule has 1 saturated heterocycles. The lowest BCUT2D eigenvalue weighted by molar-refractivity contribution is -0.122. The maximum atomic E-state index is 13.6. The van der Waals surface area contributed by atoms with E-state index in [0.717, 1.165) is 28.6 Å². The van der Waals surface area contributed by atoms with Crippen LogP contribution in [-0.2, 0) is 27.2 Å². The van der Waals surface area contributed by atoms with Gasteiger partial charge in [0.15, 0.2) is 0 Å². The second-order valence-electron chi connectivity index (χ2n) is 9.12. The molecule has 0 aromatic heterocycles. The van der Waals surface area contributed by atoms with Gasteiger partial charge in [-0.3, -0.25) is 24.2 Å². The van der Waals surface area contributed by atoms with Crippen molar-refractivity contribution in [1.82, 2.24) is 10.2 Å². The van der Waals surface area contributed by atoms with E-state index in [1.54, 1.807) is 24.1 Å². The maximum Gasteiger partial charge on any atom is 0.267 e. The summed E-state index contributed by atoms with van der Waals surface area (Å²) in [4.78, 5) is 43.2. The minimum Gasteiger partial charge on any atom is -0.497 e. The van der Waals surface area contributed by atoms with E-state index in [9.17, 15) is 14.4 Å². The fraction of sp³-hybridized carbons (Fsp3) is 0.200. The highest BCUT2D eigenvalue weighted by atomic mass is 32.2. The van der Waals surface area contributed by atoms with Gasteiger partial charge in [0.05, 0.1) is 23.3 Å². The molecule has 2 aliphatic heterocycles. The van der Waals surface area contributed by atoms with Crippen molar-refractivity contribution >= 4 is 57.3 Å². The number of thioether (sulfide) groups is 1. The van der Waals surface area contributed by atoms with Gasteiger partial charge in [-0.15, -0.1) is 0 Å². The first-order chi connectivity index (χ1) is 19.0. The molecule has 2 heterocycles. The molecule has 7 nitrogen and oxygen atoms in total. The van der Waals surface area contributed by atoms with Crippen LogP contribution in [0, 0.1) is 0 Å². The highest BCUT2D eigenvalue weighted by molar-refractivity contribution is 8.26. The van der Waals surface area contributed by atoms with Crippen molar-refractivity contribution < 1.29 is 19.1 Å². The number of methoxy groups -OCH3 is 1. The third kappa shape index (κ3) is 5.74. The van der Waals surface area contributed by atoms with Gasteiger partial charge in [0.25, 0.3) is 11.8 Å². The number of fused-ring (bicyclic) bond motifs is 1. The third-order valence-electron chi connectivity index (χ3n) is 6.66. The van der Waals surface area contributed by atoms with Crippen molar-refractivity contribution in [3.05, 3.63) is 100 Å². The second kappa shape index (κ2) is 11.8. The quantitative estimate of drug-likeness (QED) is 0.314. The molecule has 198 valence electrons. The first-order valence-electron chi connectivity index (χ1n) is 12.6. The number of nitrogens with one attached hydrogen (secondary N) is 1. The number of anilines is 1. The molecule has 0 spiro atoms. The number of hydrogen-bond acceptors (Lipinski definition) is 6. The number of benzene rings is 3. The van der Waals surface area contributed by atoms with E-state index in [2.05, 4.69) is 5.32 Å². The van der Waals surface area contributed by atoms with E-state index in [-0.39, 0.29) is 24.3 Å². The van der Waals surface area contributed by atoms with Gasteiger partial charge in [-0.25, -0.2) is 0 Å². The summed E-state index contributed by atoms with van der Waals surface area (Å²) in [5.41, 5.74) is 3.71. The van der Waals surface area contributed by atoms with E-state index in [4.69, 9.17) is 17.0 Å². The molecular formula is C30H27N3O4S2. The zero-order chi connectivity index (χ0) is 27.4. The smallest absolute Gasteiger partial charge is 0.267 e. The lowest BCUT2D eigenvalue weighted by Crippen LogP contribution is -2.39. The predicted octanol–water partition coefficient (Wildman–Crippen LogP) is 4.21. The Bertz CT molecular complexity index is 1450. The summed E-state index contributed by atoms with van der Waals surface area (Å²) in [7, 11) is 1.62. The Morgan fingerprint density at radius 2 is 1.56 bits per heavy atom. The van der Waals surface area contributed by atoms with Crippen LogP contribution in [0.4, 0.5) is 5.69 Å². The summed E-state index contributed by atoms with van der Waals surface area (Å²) in [6.45, 7) is 0.731. The molecule has 0 atom stereocenters. The summed E-state index contributed by atoms with van der Waals surface area (Å²) in [5, 5.41) is 2.90. The maximum absolute atomic E-state index is 13.6. The van der Waals surface area contributed by atoms with Crippen LogP contribution in [0.15, 0.2) is 83.8 Å². The lowest BCUT2D eigenvalue weighted by atomic mass is 10.1. The summed E-state index contributed by atoms with van der Waals surface area (Å²) in [6.07, 6.45) is 1.31. The van der Waals surface area contributed by atoms with Crippen molar-refractivity contribution in [3.8, 4) is 5.75 Å². The molecule has 2 aliphatic rings. The number of rotatable bonds is 9. The lowest BCUT2D eigenvalue weighted by Gasteiger charge is -2.17. The van der Waals surface area contributed by atoms with Crippen molar-refractivity contribution in [2.45, 2.75) is 12.8 Å². The summed E-state index contributed by atoms with van der Waals surface area (Å²) < 4.78 is 5.62. The van der Waals surface area contributed by atoms with Gasteiger partial charge < -0.3 is 10.1 Å². The molecule has 0 bridgehead atoms. The van der Waals surface area contributed by atoms with E-state index in [1.165, 1.54) is 4.90 Å². The van der Waals surface area contributed by atoms with Crippen LogP contribution in [0.5, 0.6) is 5.75 Å². The minimum atomic E-state index is -0.370. The Kier molecular flexibility index (Phi) is 8.09. The number of para-hydroxylation sites is 1. The largest absolute Gasteiger partial charge is 0.497 e. The first-order valence-corrected chi connectivity index (χ1v) is 13.8. The van der Waals surface area contributed by atoms with Crippen LogP contribution in [0.3, 0.4) is 0 Å². The van der Waals surface area contributed by atoms with E-state index >= 15 is 0 Å². The van der Waals surface area contributed by atoms with Crippen LogP contribution >= 0.6 is 24.0 Å². The predicted molar refractivity (Wildman–Crippen MR) is 157 cm³/mol. The average Bonchev–Trinajstić information content (AvgIpc) is 3.39. The van der Waals surface area contributed by atoms with E-state index in [0.29, 0.717) is 52.0 Å². The van der Waals surface area contributed by atoms with Gasteiger partial charge in [0.1, 0.15) is 16.6 Å². The normalized spacial score (nSPS) is 16.6. The molecule has 9 heteroatoms. The van der Waals surface area contributed by atoms with Crippen molar-refractivity contribution in [2.24, 2.45) is 0 Å². The van der Waals surface area contributed by atoms with Gasteiger partial charge in [-0.2, -0.15) is 0 Å². The van der Waals surface area contributed by atoms with Crippen LogP contribution in [-0.4, -0.2) is 53.7 Å². The number of hydrogen-bond donors (Lipinski definition) is 1. The molecule has 3 amide bonds. The first kappa shape index (κ1) is 26.6. The molecule has 1 N–H and O–H groups in total. The second-order valence-corrected chi connectivity index (χ2v) is 10.8. The van der Waals surface area contributed by atoms with Gasteiger partial charge in [-0.1, -0.05) is 84.6 Å². The van der Waals surface area contributed by atoms with Gasteiger partial charge in [0, 0.05) is 18.7 Å². The van der Waals surface area contributed by atoms with E-state index in [1.807, 2.05) is 66.7 Å². The van der Waals surface area contributed by atoms with Crippen molar-refractivity contribution in [1.29, 1.82) is 0 Å². The van der Waals surface area contributed by atoms with Crippen LogP contribution < -0.4 is 15.0 Å². The SMILES string of the molecule is COc1ccc(CCN2C(=O)C(=C3C(=O)N(CC(=O)NCCc4ccccc4)c4ccccc43)SC2=S)cc1. The topological polar surface area (TPSA) is 79.0 Å². The van der Waals surface area contributed by atoms with Gasteiger partial charge >= 0.3 is 0 Å². The van der Waals surface area contributed by atoms with Gasteiger partial charge in [0.2, 0.25) is 5.91 Å². The highest BCUT2D eigenvalue weighted by Crippen LogP contribution is 2.44. The molecule has 0 unspecified atom stereocenters. The van der Waals surface area contributed by atoms with Crippen LogP contribution in [0.1, 0.15) is 16.7 Å². The molecule has 0 aliphatic carbocycles. The van der Waals surface area contributed by atoms with Crippen molar-refractivity contribution in [2.75, 3.05) is 31.6 Å². The fourth-order valence-electron chi connectivity index (χ4n) is 4.62. The summed E-state index contributed by atoms with van der Waals surface area (Å²) in [5.74, 6) is -0.153. The summed E-state index contributed by atoms with van der Waals surface area (Å²) in [6, 6.07) is 24.8. The molecule has 5 rings (SSSR count). The number of amides is 3. The molecule has 39 heavy (non-hydrogen) atoms. The Hall–Kier alpha value is -3.95. The molecule has 3 aromatic carbocycles. The third-order valence-corrected chi connectivity index (χ3v) is 8.11. The zero-order valence-corrected chi connectivity index (χ0v) is 23.0. The Labute approximate surface area is 236 Å². The summed E-state index contributed by atoms with van der Waals surface area (Å²) >= 11 is 6.67.